The molecule has 6 rings (SSSR count). The van der Waals surface area contributed by atoms with Crippen LogP contribution < -0.4 is 14.8 Å². The van der Waals surface area contributed by atoms with Crippen molar-refractivity contribution in [2.24, 2.45) is 0 Å². The van der Waals surface area contributed by atoms with Crippen LogP contribution in [0.4, 0.5) is 11.6 Å². The number of nitrogens with one attached hydrogen (secondary N) is 1. The fraction of sp³-hybridized carbons (Fsp3) is 0.545. The van der Waals surface area contributed by atoms with Crippen molar-refractivity contribution < 1.29 is 18.9 Å². The van der Waals surface area contributed by atoms with Crippen molar-refractivity contribution >= 4 is 23.2 Å². The van der Waals surface area contributed by atoms with Crippen LogP contribution in [0, 0.1) is 0 Å². The molecule has 1 aromatic carbocycles. The zero-order valence-corrected chi connectivity index (χ0v) is 28.1. The summed E-state index contributed by atoms with van der Waals surface area (Å²) in [7, 11) is 1.71. The number of ether oxygens (including phenoxy) is 4. The molecule has 2 fully saturated rings. The van der Waals surface area contributed by atoms with E-state index in [2.05, 4.69) is 30.0 Å². The molecule has 1 aliphatic carbocycles. The van der Waals surface area contributed by atoms with Gasteiger partial charge >= 0.3 is 0 Å². The summed E-state index contributed by atoms with van der Waals surface area (Å²) < 4.78 is 27.1. The van der Waals surface area contributed by atoms with Crippen LogP contribution in [0.15, 0.2) is 49.3 Å². The van der Waals surface area contributed by atoms with Gasteiger partial charge < -0.3 is 24.3 Å². The van der Waals surface area contributed by atoms with E-state index in [9.17, 15) is 0 Å². The minimum absolute atomic E-state index is 0.0859. The topological polar surface area (TPSA) is 127 Å². The summed E-state index contributed by atoms with van der Waals surface area (Å²) in [6, 6.07) is 8.39. The number of hydrogen-bond acceptors (Lipinski definition) is 11. The summed E-state index contributed by atoms with van der Waals surface area (Å²) in [6.45, 7) is 8.72. The number of rotatable bonds is 14. The standard InChI is InChI=1S/C33H44ClN9O4/c1-23(44-3)11-15-46-32-30(20-43(40-32)27-7-5-26(6-8-27)41-13-16-45-17-14-41)39-33-36-12-10-29(38-33)25-4-9-28(34)31(18-25)47-24(2)19-42-22-35-21-37-42/h4,9-10,12,18,20-24,26-27H,5-8,11,13-17,19H2,1-3H3,(H,36,38,39)/t23?,24-,26?,27?/m0/s1. The zero-order chi connectivity index (χ0) is 32.6. The molecular formula is C33H44ClN9O4. The molecule has 2 aliphatic rings. The van der Waals surface area contributed by atoms with E-state index in [0.717, 1.165) is 75.4 Å². The third-order valence-corrected chi connectivity index (χ3v) is 9.15. The molecule has 0 bridgehead atoms. The van der Waals surface area contributed by atoms with Gasteiger partial charge in [0.05, 0.1) is 55.4 Å². The van der Waals surface area contributed by atoms with Gasteiger partial charge in [-0.3, -0.25) is 9.58 Å². The molecule has 252 valence electrons. The summed E-state index contributed by atoms with van der Waals surface area (Å²) in [5.74, 6) is 1.53. The van der Waals surface area contributed by atoms with Gasteiger partial charge in [-0.1, -0.05) is 17.7 Å². The van der Waals surface area contributed by atoms with Crippen LogP contribution in [-0.4, -0.2) is 97.7 Å². The Hall–Kier alpha value is -3.78. The second kappa shape index (κ2) is 15.9. The summed E-state index contributed by atoms with van der Waals surface area (Å²) in [6.07, 6.45) is 12.0. The molecule has 14 heteroatoms. The number of halogens is 1. The van der Waals surface area contributed by atoms with Gasteiger partial charge in [-0.05, 0) is 57.7 Å². The lowest BCUT2D eigenvalue weighted by Gasteiger charge is -2.38. The highest BCUT2D eigenvalue weighted by Crippen LogP contribution is 2.35. The largest absolute Gasteiger partial charge is 0.487 e. The Bertz CT molecular complexity index is 1560. The van der Waals surface area contributed by atoms with Gasteiger partial charge in [0, 0.05) is 44.4 Å². The van der Waals surface area contributed by atoms with Crippen LogP contribution in [0.1, 0.15) is 52.0 Å². The summed E-state index contributed by atoms with van der Waals surface area (Å²) in [5.41, 5.74) is 2.29. The molecule has 4 heterocycles. The van der Waals surface area contributed by atoms with E-state index in [4.69, 9.17) is 40.6 Å². The van der Waals surface area contributed by atoms with Crippen LogP contribution in [0.3, 0.4) is 0 Å². The van der Waals surface area contributed by atoms with Crippen molar-refractivity contribution in [2.45, 2.75) is 76.8 Å². The zero-order valence-electron chi connectivity index (χ0n) is 27.3. The number of benzene rings is 1. The van der Waals surface area contributed by atoms with E-state index in [1.165, 1.54) is 6.33 Å². The molecule has 4 aromatic rings. The number of nitrogens with zero attached hydrogens (tertiary/aromatic N) is 8. The third kappa shape index (κ3) is 8.78. The maximum Gasteiger partial charge on any atom is 0.256 e. The quantitative estimate of drug-likeness (QED) is 0.186. The monoisotopic (exact) mass is 665 g/mol. The Balaban J connectivity index is 1.16. The molecule has 1 saturated heterocycles. The minimum atomic E-state index is -0.177. The first-order valence-corrected chi connectivity index (χ1v) is 16.8. The molecule has 0 radical (unpaired) electrons. The van der Waals surface area contributed by atoms with E-state index in [1.54, 1.807) is 24.3 Å². The van der Waals surface area contributed by atoms with Gasteiger partial charge in [-0.25, -0.2) is 19.6 Å². The van der Waals surface area contributed by atoms with Crippen molar-refractivity contribution in [3.05, 3.63) is 54.3 Å². The van der Waals surface area contributed by atoms with E-state index in [1.807, 2.05) is 44.3 Å². The predicted molar refractivity (Wildman–Crippen MR) is 178 cm³/mol. The molecule has 1 N–H and O–H groups in total. The van der Waals surface area contributed by atoms with Gasteiger partial charge in [0.2, 0.25) is 5.95 Å². The first-order chi connectivity index (χ1) is 22.9. The highest BCUT2D eigenvalue weighted by molar-refractivity contribution is 6.32. The molecule has 2 atom stereocenters. The number of hydrogen-bond donors (Lipinski definition) is 1. The highest BCUT2D eigenvalue weighted by Gasteiger charge is 2.29. The summed E-state index contributed by atoms with van der Waals surface area (Å²) >= 11 is 6.51. The van der Waals surface area contributed by atoms with Crippen LogP contribution in [0.2, 0.25) is 5.02 Å². The van der Waals surface area contributed by atoms with Crippen LogP contribution >= 0.6 is 11.6 Å². The van der Waals surface area contributed by atoms with Gasteiger partial charge in [0.1, 0.15) is 30.2 Å². The highest BCUT2D eigenvalue weighted by atomic mass is 35.5. The molecule has 1 aliphatic heterocycles. The lowest BCUT2D eigenvalue weighted by atomic mass is 9.90. The Labute approximate surface area is 280 Å². The van der Waals surface area contributed by atoms with Gasteiger partial charge in [0.15, 0.2) is 0 Å². The Kier molecular flexibility index (Phi) is 11.2. The lowest BCUT2D eigenvalue weighted by Crippen LogP contribution is -2.45. The number of anilines is 2. The average Bonchev–Trinajstić information content (AvgIpc) is 3.76. The molecule has 1 saturated carbocycles. The van der Waals surface area contributed by atoms with E-state index < -0.39 is 0 Å². The van der Waals surface area contributed by atoms with Crippen molar-refractivity contribution in [3.8, 4) is 22.9 Å². The van der Waals surface area contributed by atoms with Crippen LogP contribution in [0.5, 0.6) is 11.6 Å². The molecule has 3 aromatic heterocycles. The average molecular weight is 666 g/mol. The maximum atomic E-state index is 6.51. The smallest absolute Gasteiger partial charge is 0.256 e. The van der Waals surface area contributed by atoms with E-state index in [0.29, 0.717) is 47.8 Å². The van der Waals surface area contributed by atoms with E-state index >= 15 is 0 Å². The second-order valence-electron chi connectivity index (χ2n) is 12.2. The molecule has 1 unspecified atom stereocenters. The van der Waals surface area contributed by atoms with Gasteiger partial charge in [0.25, 0.3) is 5.88 Å². The maximum absolute atomic E-state index is 6.51. The first-order valence-electron chi connectivity index (χ1n) is 16.4. The normalized spacial score (nSPS) is 20.1. The van der Waals surface area contributed by atoms with Crippen LogP contribution in [0.25, 0.3) is 11.3 Å². The first kappa shape index (κ1) is 33.1. The summed E-state index contributed by atoms with van der Waals surface area (Å²) in [5, 5.41) is 13.0. The third-order valence-electron chi connectivity index (χ3n) is 8.83. The van der Waals surface area contributed by atoms with Crippen molar-refractivity contribution in [1.29, 1.82) is 0 Å². The predicted octanol–water partition coefficient (Wildman–Crippen LogP) is 5.42. The van der Waals surface area contributed by atoms with Crippen molar-refractivity contribution in [2.75, 3.05) is 45.3 Å². The fourth-order valence-electron chi connectivity index (χ4n) is 6.12. The molecule has 47 heavy (non-hydrogen) atoms. The number of morpholine rings is 1. The van der Waals surface area contributed by atoms with Crippen molar-refractivity contribution in [3.63, 3.8) is 0 Å². The number of aromatic nitrogens is 7. The van der Waals surface area contributed by atoms with Crippen LogP contribution in [-0.2, 0) is 16.0 Å². The second-order valence-corrected chi connectivity index (χ2v) is 12.6. The SMILES string of the molecule is COC(C)CCOc1nn(C2CCC(N3CCOCC3)CC2)cc1Nc1nccc(-c2ccc(Cl)c(O[C@@H](C)Cn3cncn3)c2)n1. The lowest BCUT2D eigenvalue weighted by molar-refractivity contribution is 0.00502. The van der Waals surface area contributed by atoms with Crippen molar-refractivity contribution in [1.82, 2.24) is 39.4 Å². The van der Waals surface area contributed by atoms with Gasteiger partial charge in [-0.15, -0.1) is 5.10 Å². The Morgan fingerprint density at radius 1 is 1.06 bits per heavy atom. The van der Waals surface area contributed by atoms with E-state index in [-0.39, 0.29) is 12.2 Å². The Morgan fingerprint density at radius 3 is 2.64 bits per heavy atom. The molecular weight excluding hydrogens is 622 g/mol. The Morgan fingerprint density at radius 2 is 1.87 bits per heavy atom. The molecule has 0 spiro atoms. The molecule has 0 amide bonds. The fourth-order valence-corrected chi connectivity index (χ4v) is 6.28. The minimum Gasteiger partial charge on any atom is -0.487 e. The molecule has 13 nitrogen and oxygen atoms in total. The summed E-state index contributed by atoms with van der Waals surface area (Å²) in [4.78, 5) is 15.9. The van der Waals surface area contributed by atoms with Gasteiger partial charge in [-0.2, -0.15) is 5.10 Å². The number of methoxy groups -OCH3 is 1.